The number of carbonyl (C=O) groups is 1. The van der Waals surface area contributed by atoms with Crippen LogP contribution in [0.4, 0.5) is 0 Å². The number of aliphatic hydroxyl groups is 2. The largest absolute Gasteiger partial charge is 0.507 e. The molecule has 0 saturated heterocycles. The molecule has 174 valence electrons. The first-order chi connectivity index (χ1) is 15.3. The van der Waals surface area contributed by atoms with E-state index in [1.807, 2.05) is 11.9 Å². The molecule has 0 aliphatic carbocycles. The van der Waals surface area contributed by atoms with Gasteiger partial charge in [-0.2, -0.15) is 9.59 Å². The summed E-state index contributed by atoms with van der Waals surface area (Å²) < 4.78 is 0. The highest BCUT2D eigenvalue weighted by atomic mass is 16.4. The van der Waals surface area contributed by atoms with Crippen molar-refractivity contribution in [3.63, 3.8) is 0 Å². The first-order valence-corrected chi connectivity index (χ1v) is 9.70. The highest BCUT2D eigenvalue weighted by molar-refractivity contribution is 5.69. The molecule has 0 aliphatic heterocycles. The summed E-state index contributed by atoms with van der Waals surface area (Å²) in [5.41, 5.74) is 2.09. The van der Waals surface area contributed by atoms with E-state index < -0.39 is 5.97 Å². The van der Waals surface area contributed by atoms with Crippen LogP contribution in [-0.2, 0) is 40.7 Å². The van der Waals surface area contributed by atoms with E-state index in [9.17, 15) is 30.3 Å². The molecule has 0 amide bonds. The van der Waals surface area contributed by atoms with Crippen molar-refractivity contribution in [2.24, 2.45) is 0 Å². The van der Waals surface area contributed by atoms with Gasteiger partial charge in [0.2, 0.25) is 0 Å². The number of aromatic hydroxyl groups is 2. The average molecular weight is 448 g/mol. The van der Waals surface area contributed by atoms with Crippen LogP contribution >= 0.6 is 0 Å². The van der Waals surface area contributed by atoms with E-state index in [1.54, 1.807) is 41.3 Å². The third-order valence-electron chi connectivity index (χ3n) is 4.74. The third-order valence-corrected chi connectivity index (χ3v) is 4.74. The molecular formula is C22H28N2O8. The molecule has 0 fully saturated rings. The van der Waals surface area contributed by atoms with Crippen molar-refractivity contribution < 1.29 is 39.9 Å². The van der Waals surface area contributed by atoms with Crippen LogP contribution in [0.2, 0.25) is 0 Å². The lowest BCUT2D eigenvalue weighted by Crippen LogP contribution is -2.36. The molecule has 2 aromatic carbocycles. The van der Waals surface area contributed by atoms with Gasteiger partial charge in [0.15, 0.2) is 0 Å². The second-order valence-electron chi connectivity index (χ2n) is 7.09. The Balaban J connectivity index is 0.00000161. The topological polar surface area (TPSA) is 159 Å². The predicted molar refractivity (Wildman–Crippen MR) is 112 cm³/mol. The van der Waals surface area contributed by atoms with E-state index in [4.69, 9.17) is 9.59 Å². The third kappa shape index (κ3) is 8.46. The molecule has 5 N–H and O–H groups in total. The molecule has 2 rings (SSSR count). The first kappa shape index (κ1) is 26.8. The van der Waals surface area contributed by atoms with Crippen LogP contribution in [0.1, 0.15) is 22.3 Å². The van der Waals surface area contributed by atoms with Gasteiger partial charge in [0.25, 0.3) is 0 Å². The maximum absolute atomic E-state index is 11.2. The van der Waals surface area contributed by atoms with Crippen LogP contribution < -0.4 is 0 Å². The summed E-state index contributed by atoms with van der Waals surface area (Å²) in [4.78, 5) is 31.1. The molecule has 0 radical (unpaired) electrons. The summed E-state index contributed by atoms with van der Waals surface area (Å²) in [6.45, 7) is 0.880. The van der Waals surface area contributed by atoms with E-state index in [0.717, 1.165) is 0 Å². The smallest absolute Gasteiger partial charge is 0.373 e. The summed E-state index contributed by atoms with van der Waals surface area (Å²) in [6, 6.07) is 10.2. The minimum atomic E-state index is -0.973. The Hall–Kier alpha value is -3.27. The van der Waals surface area contributed by atoms with Gasteiger partial charge in [0.05, 0.1) is 19.8 Å². The minimum absolute atomic E-state index is 0.0236. The fraction of sp³-hybridized carbons (Fsp3) is 0.364. The summed E-state index contributed by atoms with van der Waals surface area (Å²) in [5, 5.41) is 48.2. The Morgan fingerprint density at radius 3 is 1.72 bits per heavy atom. The van der Waals surface area contributed by atoms with Crippen LogP contribution in [0.15, 0.2) is 36.4 Å². The van der Waals surface area contributed by atoms with Gasteiger partial charge in [-0.15, -0.1) is 0 Å². The van der Waals surface area contributed by atoms with Crippen LogP contribution in [0.25, 0.3) is 0 Å². The van der Waals surface area contributed by atoms with E-state index >= 15 is 0 Å². The second-order valence-corrected chi connectivity index (χ2v) is 7.09. The summed E-state index contributed by atoms with van der Waals surface area (Å²) in [5.74, 6) is -0.932. The number of phenols is 2. The quantitative estimate of drug-likeness (QED) is 0.328. The Labute approximate surface area is 185 Å². The molecule has 0 aromatic heterocycles. The number of carboxylic acid groups (broad SMARTS) is 1. The van der Waals surface area contributed by atoms with Gasteiger partial charge in [0, 0.05) is 48.4 Å². The monoisotopic (exact) mass is 448 g/mol. The highest BCUT2D eigenvalue weighted by Crippen LogP contribution is 2.25. The molecule has 0 aliphatic rings. The van der Waals surface area contributed by atoms with E-state index in [0.29, 0.717) is 41.9 Å². The molecule has 0 spiro atoms. The van der Waals surface area contributed by atoms with Gasteiger partial charge in [-0.05, 0) is 7.05 Å². The minimum Gasteiger partial charge on any atom is -0.507 e. The Morgan fingerprint density at radius 2 is 1.28 bits per heavy atom. The Bertz CT molecular complexity index is 913. The SMILES string of the molecule is CN(CCN(CC(=O)O)Cc1cccc(CO)c1O)Cc1cccc(CO)c1O.O=C=O. The number of benzene rings is 2. The molecule has 0 bridgehead atoms. The normalized spacial score (nSPS) is 10.5. The number of rotatable bonds is 11. The zero-order valence-electron chi connectivity index (χ0n) is 17.8. The number of hydrogen-bond acceptors (Lipinski definition) is 9. The molecule has 32 heavy (non-hydrogen) atoms. The molecule has 0 unspecified atom stereocenters. The van der Waals surface area contributed by atoms with Crippen molar-refractivity contribution >= 4 is 12.1 Å². The fourth-order valence-electron chi connectivity index (χ4n) is 3.13. The van der Waals surface area contributed by atoms with Crippen molar-refractivity contribution in [3.05, 3.63) is 58.7 Å². The average Bonchev–Trinajstić information content (AvgIpc) is 2.75. The van der Waals surface area contributed by atoms with Crippen molar-refractivity contribution in [3.8, 4) is 11.5 Å². The number of aliphatic carboxylic acids is 1. The number of aliphatic hydroxyl groups excluding tert-OH is 2. The zero-order valence-corrected chi connectivity index (χ0v) is 17.8. The van der Waals surface area contributed by atoms with E-state index in [-0.39, 0.29) is 44.0 Å². The Morgan fingerprint density at radius 1 is 0.844 bits per heavy atom. The second kappa shape index (κ2) is 13.9. The van der Waals surface area contributed by atoms with Gasteiger partial charge in [-0.25, -0.2) is 0 Å². The van der Waals surface area contributed by atoms with Crippen molar-refractivity contribution in [2.45, 2.75) is 26.3 Å². The zero-order chi connectivity index (χ0) is 24.1. The number of para-hydroxylation sites is 2. The van der Waals surface area contributed by atoms with Gasteiger partial charge in [-0.3, -0.25) is 9.69 Å². The Kier molecular flexibility index (Phi) is 11.6. The van der Waals surface area contributed by atoms with Crippen molar-refractivity contribution in [2.75, 3.05) is 26.7 Å². The lowest BCUT2D eigenvalue weighted by Gasteiger charge is -2.25. The van der Waals surface area contributed by atoms with Crippen molar-refractivity contribution in [1.82, 2.24) is 9.80 Å². The number of carbonyl (C=O) groups excluding carboxylic acids is 2. The van der Waals surface area contributed by atoms with Crippen molar-refractivity contribution in [1.29, 1.82) is 0 Å². The van der Waals surface area contributed by atoms with E-state index in [1.165, 1.54) is 0 Å². The molecule has 0 atom stereocenters. The molecule has 10 heteroatoms. The molecule has 0 heterocycles. The van der Waals surface area contributed by atoms with Gasteiger partial charge in [0.1, 0.15) is 11.5 Å². The summed E-state index contributed by atoms with van der Waals surface area (Å²) in [7, 11) is 1.86. The molecular weight excluding hydrogens is 420 g/mol. The van der Waals surface area contributed by atoms with Gasteiger partial charge < -0.3 is 30.4 Å². The number of likely N-dealkylation sites (N-methyl/N-ethyl adjacent to an activating group) is 1. The maximum Gasteiger partial charge on any atom is 0.373 e. The molecule has 10 nitrogen and oxygen atoms in total. The number of hydrogen-bond donors (Lipinski definition) is 5. The maximum atomic E-state index is 11.2. The lowest BCUT2D eigenvalue weighted by molar-refractivity contribution is -0.191. The summed E-state index contributed by atoms with van der Waals surface area (Å²) >= 11 is 0. The number of nitrogens with zero attached hydrogens (tertiary/aromatic N) is 2. The van der Waals surface area contributed by atoms with Crippen LogP contribution in [0.5, 0.6) is 11.5 Å². The van der Waals surface area contributed by atoms with E-state index in [2.05, 4.69) is 0 Å². The van der Waals surface area contributed by atoms with Crippen LogP contribution in [0, 0.1) is 0 Å². The van der Waals surface area contributed by atoms with Gasteiger partial charge in [-0.1, -0.05) is 36.4 Å². The number of carboxylic acids is 1. The van der Waals surface area contributed by atoms with Crippen LogP contribution in [-0.4, -0.2) is 74.1 Å². The standard InChI is InChI=1S/C21H28N2O6.CO2/c1-22(10-15-4-2-6-17(13-24)20(15)28)8-9-23(12-19(26)27)11-16-5-3-7-18(14-25)21(16)29;2-1-3/h2-7,24-25,28-29H,8-14H2,1H3,(H,26,27);. The fourth-order valence-corrected chi connectivity index (χ4v) is 3.13. The predicted octanol–water partition coefficient (Wildman–Crippen LogP) is 0.517. The first-order valence-electron chi connectivity index (χ1n) is 9.70. The summed E-state index contributed by atoms with van der Waals surface area (Å²) in [6.07, 6.45) is 0.250. The van der Waals surface area contributed by atoms with Gasteiger partial charge >= 0.3 is 12.1 Å². The molecule has 0 saturated carbocycles. The lowest BCUT2D eigenvalue weighted by atomic mass is 10.1. The van der Waals surface area contributed by atoms with Crippen LogP contribution in [0.3, 0.4) is 0 Å². The highest BCUT2D eigenvalue weighted by Gasteiger charge is 2.16. The molecule has 2 aromatic rings.